The number of hydrogen-bond acceptors (Lipinski definition) is 9. The first kappa shape index (κ1) is 20.8. The summed E-state index contributed by atoms with van der Waals surface area (Å²) in [5, 5.41) is 22.0. The number of nitro benzene ring substituents is 1. The van der Waals surface area contributed by atoms with E-state index in [-0.39, 0.29) is 18.0 Å². The lowest BCUT2D eigenvalue weighted by atomic mass is 10.1. The van der Waals surface area contributed by atoms with Gasteiger partial charge in [0.15, 0.2) is 5.13 Å². The topological polar surface area (TPSA) is 124 Å². The van der Waals surface area contributed by atoms with Gasteiger partial charge in [-0.2, -0.15) is 4.98 Å². The number of anilines is 1. The van der Waals surface area contributed by atoms with E-state index in [4.69, 9.17) is 4.52 Å². The summed E-state index contributed by atoms with van der Waals surface area (Å²) in [6.45, 7) is 1.69. The van der Waals surface area contributed by atoms with Crippen molar-refractivity contribution >= 4 is 39.4 Å². The Balaban J connectivity index is 1.30. The van der Waals surface area contributed by atoms with Gasteiger partial charge in [-0.3, -0.25) is 14.9 Å². The number of rotatable bonds is 8. The summed E-state index contributed by atoms with van der Waals surface area (Å²) in [7, 11) is 0. The molecule has 0 aliphatic heterocycles. The minimum Gasteiger partial charge on any atom is -0.339 e. The predicted octanol–water partition coefficient (Wildman–Crippen LogP) is 5.10. The zero-order chi connectivity index (χ0) is 21.8. The van der Waals surface area contributed by atoms with Crippen LogP contribution in [-0.4, -0.2) is 26.0 Å². The number of nitrogens with zero attached hydrogens (tertiary/aromatic N) is 4. The summed E-state index contributed by atoms with van der Waals surface area (Å²) in [6.07, 6.45) is 1.34. The molecule has 1 aromatic carbocycles. The number of thiophene rings is 1. The molecule has 0 atom stereocenters. The summed E-state index contributed by atoms with van der Waals surface area (Å²) in [5.41, 5.74) is 1.84. The third-order valence-electron chi connectivity index (χ3n) is 4.46. The number of aryl methyl sites for hydroxylation is 2. The second-order valence-corrected chi connectivity index (χ2v) is 8.49. The average Bonchev–Trinajstić information content (AvgIpc) is 3.50. The third kappa shape index (κ3) is 5.01. The summed E-state index contributed by atoms with van der Waals surface area (Å²) >= 11 is 2.80. The second-order valence-electron chi connectivity index (χ2n) is 6.69. The van der Waals surface area contributed by atoms with E-state index < -0.39 is 4.92 Å². The van der Waals surface area contributed by atoms with Gasteiger partial charge in [0.2, 0.25) is 17.6 Å². The molecule has 3 heterocycles. The molecule has 0 saturated carbocycles. The Morgan fingerprint density at radius 2 is 2.13 bits per heavy atom. The number of amides is 1. The Labute approximate surface area is 184 Å². The molecular formula is C20H17N5O4S2. The number of carbonyl (C=O) groups is 1. The van der Waals surface area contributed by atoms with E-state index in [9.17, 15) is 14.9 Å². The highest BCUT2D eigenvalue weighted by atomic mass is 32.1. The SMILES string of the molecule is Cc1ccc(-c2csc(NC(=O)CCCc3nc(-c4cccs4)no3)n2)cc1[N+](=O)[O-]. The van der Waals surface area contributed by atoms with Gasteiger partial charge < -0.3 is 9.84 Å². The molecule has 0 aliphatic rings. The third-order valence-corrected chi connectivity index (χ3v) is 6.08. The molecule has 4 rings (SSSR count). The number of hydrogen-bond donors (Lipinski definition) is 1. The van der Waals surface area contributed by atoms with E-state index in [1.54, 1.807) is 24.4 Å². The molecule has 0 spiro atoms. The van der Waals surface area contributed by atoms with Crippen molar-refractivity contribution in [1.82, 2.24) is 15.1 Å². The van der Waals surface area contributed by atoms with Crippen molar-refractivity contribution in [3.8, 4) is 22.0 Å². The summed E-state index contributed by atoms with van der Waals surface area (Å²) in [6, 6.07) is 8.80. The van der Waals surface area contributed by atoms with Crippen LogP contribution in [0.15, 0.2) is 45.6 Å². The Kier molecular flexibility index (Phi) is 6.14. The minimum absolute atomic E-state index is 0.0411. The van der Waals surface area contributed by atoms with Crippen molar-refractivity contribution in [2.24, 2.45) is 0 Å². The zero-order valence-corrected chi connectivity index (χ0v) is 18.0. The van der Waals surface area contributed by atoms with Gasteiger partial charge in [0, 0.05) is 35.4 Å². The van der Waals surface area contributed by atoms with Crippen LogP contribution < -0.4 is 5.32 Å². The van der Waals surface area contributed by atoms with Crippen molar-refractivity contribution in [1.29, 1.82) is 0 Å². The van der Waals surface area contributed by atoms with Crippen molar-refractivity contribution < 1.29 is 14.2 Å². The van der Waals surface area contributed by atoms with Crippen LogP contribution in [0, 0.1) is 17.0 Å². The fourth-order valence-electron chi connectivity index (χ4n) is 2.87. The molecule has 158 valence electrons. The van der Waals surface area contributed by atoms with Gasteiger partial charge in [-0.15, -0.1) is 22.7 Å². The average molecular weight is 456 g/mol. The van der Waals surface area contributed by atoms with Crippen LogP contribution in [0.4, 0.5) is 10.8 Å². The highest BCUT2D eigenvalue weighted by Gasteiger charge is 2.15. The van der Waals surface area contributed by atoms with Crippen LogP contribution in [0.25, 0.3) is 22.0 Å². The van der Waals surface area contributed by atoms with Gasteiger partial charge in [-0.05, 0) is 24.8 Å². The Morgan fingerprint density at radius 1 is 1.26 bits per heavy atom. The maximum atomic E-state index is 12.2. The van der Waals surface area contributed by atoms with Crippen molar-refractivity contribution in [2.45, 2.75) is 26.2 Å². The first-order valence-electron chi connectivity index (χ1n) is 9.37. The predicted molar refractivity (Wildman–Crippen MR) is 118 cm³/mol. The lowest BCUT2D eigenvalue weighted by Crippen LogP contribution is -2.11. The molecule has 3 aromatic heterocycles. The highest BCUT2D eigenvalue weighted by Crippen LogP contribution is 2.29. The molecule has 4 aromatic rings. The van der Waals surface area contributed by atoms with Gasteiger partial charge in [-0.25, -0.2) is 4.98 Å². The number of thiazole rings is 1. The Bertz CT molecular complexity index is 1220. The highest BCUT2D eigenvalue weighted by molar-refractivity contribution is 7.14. The molecule has 9 nitrogen and oxygen atoms in total. The van der Waals surface area contributed by atoms with E-state index in [0.717, 1.165) is 4.88 Å². The summed E-state index contributed by atoms with van der Waals surface area (Å²) in [4.78, 5) is 32.6. The molecule has 0 radical (unpaired) electrons. The van der Waals surface area contributed by atoms with Gasteiger partial charge in [0.25, 0.3) is 5.69 Å². The molecule has 0 aliphatic carbocycles. The second kappa shape index (κ2) is 9.14. The van der Waals surface area contributed by atoms with Crippen molar-refractivity contribution in [3.05, 3.63) is 62.7 Å². The number of benzene rings is 1. The number of nitrogens with one attached hydrogen (secondary N) is 1. The molecule has 0 saturated heterocycles. The molecule has 11 heteroatoms. The lowest BCUT2D eigenvalue weighted by molar-refractivity contribution is -0.385. The van der Waals surface area contributed by atoms with Crippen LogP contribution in [0.1, 0.15) is 24.3 Å². The van der Waals surface area contributed by atoms with Crippen LogP contribution in [0.5, 0.6) is 0 Å². The molecule has 31 heavy (non-hydrogen) atoms. The van der Waals surface area contributed by atoms with Crippen LogP contribution in [0.2, 0.25) is 0 Å². The van der Waals surface area contributed by atoms with E-state index in [1.807, 2.05) is 17.5 Å². The van der Waals surface area contributed by atoms with Crippen molar-refractivity contribution in [2.75, 3.05) is 5.32 Å². The zero-order valence-electron chi connectivity index (χ0n) is 16.4. The van der Waals surface area contributed by atoms with Gasteiger partial charge in [0.05, 0.1) is 15.5 Å². The van der Waals surface area contributed by atoms with Crippen LogP contribution in [-0.2, 0) is 11.2 Å². The standard InChI is InChI=1S/C20H17N5O4S2/c1-12-7-8-13(10-15(12)25(27)28)14-11-31-20(21-14)22-17(26)5-2-6-18-23-19(24-29-18)16-4-3-9-30-16/h3-4,7-11H,2,5-6H2,1H3,(H,21,22,26). The fourth-order valence-corrected chi connectivity index (χ4v) is 4.26. The normalized spacial score (nSPS) is 10.9. The van der Waals surface area contributed by atoms with Crippen molar-refractivity contribution in [3.63, 3.8) is 0 Å². The lowest BCUT2D eigenvalue weighted by Gasteiger charge is -2.01. The van der Waals surface area contributed by atoms with Crippen LogP contribution in [0.3, 0.4) is 0 Å². The monoisotopic (exact) mass is 455 g/mol. The minimum atomic E-state index is -0.416. The van der Waals surface area contributed by atoms with Gasteiger partial charge >= 0.3 is 0 Å². The van der Waals surface area contributed by atoms with Gasteiger partial charge in [0.1, 0.15) is 0 Å². The van der Waals surface area contributed by atoms with E-state index in [0.29, 0.717) is 46.5 Å². The number of aromatic nitrogens is 3. The molecule has 0 unspecified atom stereocenters. The largest absolute Gasteiger partial charge is 0.339 e. The summed E-state index contributed by atoms with van der Waals surface area (Å²) in [5.74, 6) is 0.878. The van der Waals surface area contributed by atoms with E-state index in [1.165, 1.54) is 28.7 Å². The molecular weight excluding hydrogens is 438 g/mol. The molecule has 1 amide bonds. The van der Waals surface area contributed by atoms with Gasteiger partial charge in [-0.1, -0.05) is 23.4 Å². The number of carbonyl (C=O) groups excluding carboxylic acids is 1. The first-order valence-corrected chi connectivity index (χ1v) is 11.1. The first-order chi connectivity index (χ1) is 15.0. The molecule has 0 bridgehead atoms. The maximum absolute atomic E-state index is 12.2. The van der Waals surface area contributed by atoms with Crippen LogP contribution >= 0.6 is 22.7 Å². The molecule has 0 fully saturated rings. The Hall–Kier alpha value is -3.44. The van der Waals surface area contributed by atoms with E-state index >= 15 is 0 Å². The number of nitro groups is 1. The molecule has 1 N–H and O–H groups in total. The van der Waals surface area contributed by atoms with E-state index in [2.05, 4.69) is 20.4 Å². The smallest absolute Gasteiger partial charge is 0.272 e. The fraction of sp³-hybridized carbons (Fsp3) is 0.200. The quantitative estimate of drug-likeness (QED) is 0.289. The summed E-state index contributed by atoms with van der Waals surface area (Å²) < 4.78 is 5.23. The Morgan fingerprint density at radius 3 is 2.90 bits per heavy atom. The maximum Gasteiger partial charge on any atom is 0.272 e.